The lowest BCUT2D eigenvalue weighted by Gasteiger charge is -2.10. The third kappa shape index (κ3) is 4.25. The number of primary amides is 1. The molecule has 0 saturated heterocycles. The summed E-state index contributed by atoms with van der Waals surface area (Å²) in [5.74, 6) is -0.465. The number of amides is 1. The highest BCUT2D eigenvalue weighted by molar-refractivity contribution is 6.30. The van der Waals surface area contributed by atoms with Crippen LogP contribution in [0.25, 0.3) is 32.9 Å². The van der Waals surface area contributed by atoms with Crippen LogP contribution in [0.2, 0.25) is 5.02 Å². The monoisotopic (exact) mass is 514 g/mol. The Morgan fingerprint density at radius 1 is 0.684 bits per heavy atom. The predicted molar refractivity (Wildman–Crippen MR) is 154 cm³/mol. The molecule has 1 heterocycles. The first-order chi connectivity index (χ1) is 18.5. The maximum Gasteiger partial charge on any atom is 0.249 e. The summed E-state index contributed by atoms with van der Waals surface area (Å²) in [6, 6.07) is 36.6. The van der Waals surface area contributed by atoms with E-state index in [2.05, 4.69) is 16.7 Å². The topological polar surface area (TPSA) is 65.1 Å². The molecule has 5 heteroatoms. The summed E-state index contributed by atoms with van der Waals surface area (Å²) < 4.78 is 2.20. The summed E-state index contributed by atoms with van der Waals surface area (Å²) >= 11 is 6.11. The van der Waals surface area contributed by atoms with Crippen LogP contribution in [0, 0.1) is 0 Å². The SMILES string of the molecule is NC(=O)c1cccc2c1c1ccc(-c3ccc(Cl)cc3)cc1n2Cc1ccc(C(=O)c2ccccc2)cc1. The number of carbonyl (C=O) groups excluding carboxylic acids is 2. The molecule has 0 radical (unpaired) electrons. The van der Waals surface area contributed by atoms with Gasteiger partial charge in [-0.1, -0.05) is 96.5 Å². The third-order valence-electron chi connectivity index (χ3n) is 6.93. The minimum Gasteiger partial charge on any atom is -0.366 e. The Kier molecular flexibility index (Phi) is 6.02. The Bertz CT molecular complexity index is 1820. The molecule has 0 unspecified atom stereocenters. The number of hydrogen-bond donors (Lipinski definition) is 1. The van der Waals surface area contributed by atoms with Gasteiger partial charge in [-0.25, -0.2) is 0 Å². The lowest BCUT2D eigenvalue weighted by atomic mass is 10.0. The number of nitrogens with two attached hydrogens (primary N) is 1. The van der Waals surface area contributed by atoms with E-state index in [9.17, 15) is 9.59 Å². The third-order valence-corrected chi connectivity index (χ3v) is 7.18. The van der Waals surface area contributed by atoms with E-state index in [0.29, 0.717) is 28.3 Å². The van der Waals surface area contributed by atoms with E-state index in [4.69, 9.17) is 17.3 Å². The number of aromatic nitrogens is 1. The zero-order valence-corrected chi connectivity index (χ0v) is 21.2. The standard InChI is InChI=1S/C33H23ClN2O2/c34-26-16-13-22(14-17-26)25-15-18-27-30(19-25)36(29-8-4-7-28(31(27)29)33(35)38)20-21-9-11-24(12-10-21)32(37)23-5-2-1-3-6-23/h1-19H,20H2,(H2,35,38). The number of hydrogen-bond acceptors (Lipinski definition) is 2. The zero-order valence-electron chi connectivity index (χ0n) is 20.4. The Morgan fingerprint density at radius 2 is 1.37 bits per heavy atom. The molecule has 0 aliphatic heterocycles. The average molecular weight is 515 g/mol. The largest absolute Gasteiger partial charge is 0.366 e. The molecule has 2 N–H and O–H groups in total. The van der Waals surface area contributed by atoms with E-state index < -0.39 is 5.91 Å². The molecule has 38 heavy (non-hydrogen) atoms. The molecular formula is C33H23ClN2O2. The van der Waals surface area contributed by atoms with Gasteiger partial charge >= 0.3 is 0 Å². The first-order valence-corrected chi connectivity index (χ1v) is 12.7. The molecule has 1 aromatic heterocycles. The Labute approximate surface area is 224 Å². The average Bonchev–Trinajstić information content (AvgIpc) is 3.26. The van der Waals surface area contributed by atoms with Gasteiger partial charge < -0.3 is 10.3 Å². The van der Waals surface area contributed by atoms with Crippen LogP contribution in [0.4, 0.5) is 0 Å². The van der Waals surface area contributed by atoms with Crippen LogP contribution >= 0.6 is 11.6 Å². The van der Waals surface area contributed by atoms with Crippen LogP contribution in [0.15, 0.2) is 115 Å². The highest BCUT2D eigenvalue weighted by atomic mass is 35.5. The van der Waals surface area contributed by atoms with Crippen molar-refractivity contribution in [2.24, 2.45) is 5.73 Å². The van der Waals surface area contributed by atoms with E-state index in [1.807, 2.05) is 97.1 Å². The van der Waals surface area contributed by atoms with Gasteiger partial charge in [-0.05, 0) is 47.0 Å². The van der Waals surface area contributed by atoms with Gasteiger partial charge in [0.2, 0.25) is 5.91 Å². The lowest BCUT2D eigenvalue weighted by Crippen LogP contribution is -2.11. The van der Waals surface area contributed by atoms with Crippen LogP contribution in [0.1, 0.15) is 31.8 Å². The fraction of sp³-hybridized carbons (Fsp3) is 0.0303. The Hall–Kier alpha value is -4.67. The van der Waals surface area contributed by atoms with Gasteiger partial charge in [0.1, 0.15) is 0 Å². The summed E-state index contributed by atoms with van der Waals surface area (Å²) in [6.45, 7) is 0.562. The van der Waals surface area contributed by atoms with E-state index in [1.54, 1.807) is 6.07 Å². The first kappa shape index (κ1) is 23.7. The van der Waals surface area contributed by atoms with Crippen LogP contribution in [-0.2, 0) is 6.54 Å². The lowest BCUT2D eigenvalue weighted by molar-refractivity contribution is 0.1000. The Balaban J connectivity index is 1.46. The summed E-state index contributed by atoms with van der Waals surface area (Å²) in [5, 5.41) is 2.49. The number of rotatable bonds is 6. The van der Waals surface area contributed by atoms with Crippen molar-refractivity contribution in [3.8, 4) is 11.1 Å². The van der Waals surface area contributed by atoms with Gasteiger partial charge in [0.15, 0.2) is 5.78 Å². The number of carbonyl (C=O) groups is 2. The maximum atomic E-state index is 12.9. The van der Waals surface area contributed by atoms with Crippen molar-refractivity contribution in [1.29, 1.82) is 0 Å². The van der Waals surface area contributed by atoms with Crippen LogP contribution in [-0.4, -0.2) is 16.3 Å². The second-order valence-electron chi connectivity index (χ2n) is 9.28. The van der Waals surface area contributed by atoms with Gasteiger partial charge in [0, 0.05) is 39.0 Å². The van der Waals surface area contributed by atoms with Crippen molar-refractivity contribution in [3.05, 3.63) is 143 Å². The number of fused-ring (bicyclic) bond motifs is 3. The molecule has 0 saturated carbocycles. The highest BCUT2D eigenvalue weighted by Crippen LogP contribution is 2.35. The van der Waals surface area contributed by atoms with Crippen molar-refractivity contribution < 1.29 is 9.59 Å². The van der Waals surface area contributed by atoms with E-state index in [-0.39, 0.29) is 5.78 Å². The Morgan fingerprint density at radius 3 is 2.08 bits per heavy atom. The molecule has 0 aliphatic rings. The molecule has 0 atom stereocenters. The number of benzene rings is 5. The van der Waals surface area contributed by atoms with Crippen molar-refractivity contribution in [3.63, 3.8) is 0 Å². The highest BCUT2D eigenvalue weighted by Gasteiger charge is 2.18. The normalized spacial score (nSPS) is 11.2. The zero-order chi connectivity index (χ0) is 26.2. The molecule has 6 rings (SSSR count). The molecule has 0 spiro atoms. The molecule has 4 nitrogen and oxygen atoms in total. The number of nitrogens with zero attached hydrogens (tertiary/aromatic N) is 1. The van der Waals surface area contributed by atoms with Crippen molar-refractivity contribution in [2.45, 2.75) is 6.54 Å². The molecule has 0 bridgehead atoms. The fourth-order valence-corrected chi connectivity index (χ4v) is 5.17. The van der Waals surface area contributed by atoms with Crippen LogP contribution in [0.3, 0.4) is 0 Å². The van der Waals surface area contributed by atoms with Gasteiger partial charge in [0.05, 0.1) is 11.0 Å². The van der Waals surface area contributed by atoms with Gasteiger partial charge in [-0.15, -0.1) is 0 Å². The van der Waals surface area contributed by atoms with Crippen LogP contribution in [0.5, 0.6) is 0 Å². The second kappa shape index (κ2) is 9.66. The minimum absolute atomic E-state index is 0.00674. The van der Waals surface area contributed by atoms with E-state index in [0.717, 1.165) is 38.5 Å². The molecule has 0 aliphatic carbocycles. The number of ketones is 1. The van der Waals surface area contributed by atoms with Crippen molar-refractivity contribution in [2.75, 3.05) is 0 Å². The summed E-state index contributed by atoms with van der Waals surface area (Å²) in [5.41, 5.74) is 12.6. The molecule has 0 fully saturated rings. The summed E-state index contributed by atoms with van der Waals surface area (Å²) in [6.07, 6.45) is 0. The fourth-order valence-electron chi connectivity index (χ4n) is 5.04. The van der Waals surface area contributed by atoms with Gasteiger partial charge in [-0.2, -0.15) is 0 Å². The smallest absolute Gasteiger partial charge is 0.249 e. The van der Waals surface area contributed by atoms with Crippen molar-refractivity contribution >= 4 is 45.1 Å². The van der Waals surface area contributed by atoms with Gasteiger partial charge in [0.25, 0.3) is 0 Å². The van der Waals surface area contributed by atoms with Gasteiger partial charge in [-0.3, -0.25) is 9.59 Å². The molecule has 5 aromatic carbocycles. The maximum absolute atomic E-state index is 12.9. The molecule has 1 amide bonds. The summed E-state index contributed by atoms with van der Waals surface area (Å²) in [4.78, 5) is 25.2. The van der Waals surface area contributed by atoms with Crippen molar-refractivity contribution in [1.82, 2.24) is 4.57 Å². The quantitative estimate of drug-likeness (QED) is 0.234. The number of halogens is 1. The first-order valence-electron chi connectivity index (χ1n) is 12.3. The molecule has 184 valence electrons. The summed E-state index contributed by atoms with van der Waals surface area (Å²) in [7, 11) is 0. The minimum atomic E-state index is -0.458. The second-order valence-corrected chi connectivity index (χ2v) is 9.72. The molecule has 6 aromatic rings. The van der Waals surface area contributed by atoms with E-state index in [1.165, 1.54) is 0 Å². The predicted octanol–water partition coefficient (Wildman–Crippen LogP) is 7.49. The van der Waals surface area contributed by atoms with Crippen LogP contribution < -0.4 is 5.73 Å². The van der Waals surface area contributed by atoms with E-state index >= 15 is 0 Å². The molecular weight excluding hydrogens is 492 g/mol.